The van der Waals surface area contributed by atoms with Gasteiger partial charge in [-0.1, -0.05) is 0 Å². The molecule has 0 amide bonds. The minimum Gasteiger partial charge on any atom is -0.372 e. The van der Waals surface area contributed by atoms with Gasteiger partial charge in [0.15, 0.2) is 0 Å². The maximum absolute atomic E-state index is 12.0. The molecule has 0 aromatic rings. The third-order valence-corrected chi connectivity index (χ3v) is 0.975. The molecule has 80 valence electrons. The van der Waals surface area contributed by atoms with Crippen LogP contribution in [0.5, 0.6) is 0 Å². The van der Waals surface area contributed by atoms with E-state index in [0.717, 1.165) is 0 Å². The first kappa shape index (κ1) is 12.5. The van der Waals surface area contributed by atoms with Crippen molar-refractivity contribution in [3.05, 3.63) is 0 Å². The van der Waals surface area contributed by atoms with Gasteiger partial charge in [-0.2, -0.15) is 13.2 Å². The summed E-state index contributed by atoms with van der Waals surface area (Å²) < 4.78 is 74.0. The molecule has 0 bridgehead atoms. The van der Waals surface area contributed by atoms with E-state index in [9.17, 15) is 26.3 Å². The molecular weight excluding hydrogens is 202 g/mol. The maximum atomic E-state index is 12.0. The molecule has 0 radical (unpaired) electrons. The summed E-state index contributed by atoms with van der Waals surface area (Å²) >= 11 is 0. The molecule has 0 aliphatic rings. The number of rotatable bonds is 4. The molecule has 0 rings (SSSR count). The first-order valence-corrected chi connectivity index (χ1v) is 3.29. The van der Waals surface area contributed by atoms with Gasteiger partial charge in [0.1, 0.15) is 6.61 Å². The molecule has 1 unspecified atom stereocenters. The quantitative estimate of drug-likeness (QED) is 0.648. The molecule has 0 heterocycles. The standard InChI is InChI=1S/C6H8F6O/c1-5(8,9)3-13-2-4(7)6(10,11)12/h4H,2-3H2,1H3. The number of hydrogen-bond acceptors (Lipinski definition) is 1. The Labute approximate surface area is 70.7 Å². The fraction of sp³-hybridized carbons (Fsp3) is 1.00. The van der Waals surface area contributed by atoms with Crippen molar-refractivity contribution >= 4 is 0 Å². The Kier molecular flexibility index (Phi) is 4.02. The first-order valence-electron chi connectivity index (χ1n) is 3.29. The number of hydrogen-bond donors (Lipinski definition) is 0. The predicted octanol–water partition coefficient (Wildman–Crippen LogP) is 2.56. The smallest absolute Gasteiger partial charge is 0.372 e. The van der Waals surface area contributed by atoms with E-state index >= 15 is 0 Å². The van der Waals surface area contributed by atoms with Crippen LogP contribution in [0.25, 0.3) is 0 Å². The topological polar surface area (TPSA) is 9.23 Å². The molecule has 0 fully saturated rings. The van der Waals surface area contributed by atoms with Gasteiger partial charge >= 0.3 is 6.18 Å². The Morgan fingerprint density at radius 2 is 1.62 bits per heavy atom. The second kappa shape index (κ2) is 4.17. The predicted molar refractivity (Wildman–Crippen MR) is 32.4 cm³/mol. The highest BCUT2D eigenvalue weighted by Crippen LogP contribution is 2.23. The SMILES string of the molecule is CC(F)(F)COCC(F)C(F)(F)F. The molecular formula is C6H8F6O. The zero-order valence-corrected chi connectivity index (χ0v) is 6.67. The van der Waals surface area contributed by atoms with Crippen LogP contribution in [0.3, 0.4) is 0 Å². The average Bonchev–Trinajstić information content (AvgIpc) is 1.82. The summed E-state index contributed by atoms with van der Waals surface area (Å²) in [6.07, 6.45) is -8.27. The molecule has 7 heteroatoms. The zero-order valence-electron chi connectivity index (χ0n) is 6.67. The maximum Gasteiger partial charge on any atom is 0.421 e. The second-order valence-corrected chi connectivity index (χ2v) is 2.59. The van der Waals surface area contributed by atoms with Gasteiger partial charge in [-0.25, -0.2) is 13.2 Å². The third-order valence-electron chi connectivity index (χ3n) is 0.975. The Morgan fingerprint density at radius 1 is 1.15 bits per heavy atom. The largest absolute Gasteiger partial charge is 0.421 e. The van der Waals surface area contributed by atoms with Gasteiger partial charge < -0.3 is 4.74 Å². The van der Waals surface area contributed by atoms with Gasteiger partial charge in [0.25, 0.3) is 5.92 Å². The van der Waals surface area contributed by atoms with Crippen LogP contribution in [0.2, 0.25) is 0 Å². The minimum atomic E-state index is -5.05. The third kappa shape index (κ3) is 6.68. The molecule has 0 N–H and O–H groups in total. The highest BCUT2D eigenvalue weighted by atomic mass is 19.4. The Bertz CT molecular complexity index is 148. The number of alkyl halides is 6. The molecule has 0 spiro atoms. The van der Waals surface area contributed by atoms with E-state index in [2.05, 4.69) is 4.74 Å². The average molecular weight is 210 g/mol. The van der Waals surface area contributed by atoms with Crippen LogP contribution in [-0.2, 0) is 4.74 Å². The van der Waals surface area contributed by atoms with E-state index in [1.54, 1.807) is 0 Å². The molecule has 0 saturated carbocycles. The molecule has 0 saturated heterocycles. The Morgan fingerprint density at radius 3 is 1.92 bits per heavy atom. The van der Waals surface area contributed by atoms with Crippen molar-refractivity contribution in [3.8, 4) is 0 Å². The second-order valence-electron chi connectivity index (χ2n) is 2.59. The lowest BCUT2D eigenvalue weighted by Crippen LogP contribution is -2.31. The van der Waals surface area contributed by atoms with Crippen LogP contribution >= 0.6 is 0 Å². The monoisotopic (exact) mass is 210 g/mol. The van der Waals surface area contributed by atoms with Crippen LogP contribution in [-0.4, -0.2) is 31.5 Å². The first-order chi connectivity index (χ1) is 5.63. The summed E-state index contributed by atoms with van der Waals surface area (Å²) in [6.45, 7) is -2.15. The van der Waals surface area contributed by atoms with Crippen LogP contribution < -0.4 is 0 Å². The van der Waals surface area contributed by atoms with Crippen LogP contribution in [0.4, 0.5) is 26.3 Å². The summed E-state index contributed by atoms with van der Waals surface area (Å²) in [5, 5.41) is 0. The van der Waals surface area contributed by atoms with Crippen LogP contribution in [0.15, 0.2) is 0 Å². The summed E-state index contributed by atoms with van der Waals surface area (Å²) in [7, 11) is 0. The van der Waals surface area contributed by atoms with E-state index in [1.807, 2.05) is 0 Å². The lowest BCUT2D eigenvalue weighted by Gasteiger charge is -2.14. The molecule has 1 atom stereocenters. The van der Waals surface area contributed by atoms with Crippen molar-refractivity contribution in [2.45, 2.75) is 25.2 Å². The lowest BCUT2D eigenvalue weighted by molar-refractivity contribution is -0.199. The molecule has 13 heavy (non-hydrogen) atoms. The molecule has 0 aliphatic heterocycles. The van der Waals surface area contributed by atoms with Gasteiger partial charge in [-0.3, -0.25) is 0 Å². The van der Waals surface area contributed by atoms with E-state index in [4.69, 9.17) is 0 Å². The van der Waals surface area contributed by atoms with E-state index in [0.29, 0.717) is 6.92 Å². The molecule has 0 aromatic carbocycles. The molecule has 1 nitrogen and oxygen atoms in total. The van der Waals surface area contributed by atoms with Crippen molar-refractivity contribution in [2.24, 2.45) is 0 Å². The number of halogens is 6. The summed E-state index contributed by atoms with van der Waals surface area (Å²) in [4.78, 5) is 0. The minimum absolute atomic E-state index is 0.466. The summed E-state index contributed by atoms with van der Waals surface area (Å²) in [5.41, 5.74) is 0. The van der Waals surface area contributed by atoms with E-state index < -0.39 is 31.5 Å². The van der Waals surface area contributed by atoms with Gasteiger partial charge in [0, 0.05) is 6.92 Å². The highest BCUT2D eigenvalue weighted by molar-refractivity contribution is 4.65. The van der Waals surface area contributed by atoms with Gasteiger partial charge in [0.2, 0.25) is 6.17 Å². The van der Waals surface area contributed by atoms with Crippen molar-refractivity contribution in [1.82, 2.24) is 0 Å². The van der Waals surface area contributed by atoms with Crippen molar-refractivity contribution in [2.75, 3.05) is 13.2 Å². The highest BCUT2D eigenvalue weighted by Gasteiger charge is 2.40. The Hall–Kier alpha value is -0.460. The van der Waals surface area contributed by atoms with Gasteiger partial charge in [-0.05, 0) is 0 Å². The van der Waals surface area contributed by atoms with Crippen molar-refractivity contribution in [1.29, 1.82) is 0 Å². The van der Waals surface area contributed by atoms with E-state index in [-0.39, 0.29) is 0 Å². The summed E-state index contributed by atoms with van der Waals surface area (Å²) in [5.74, 6) is -3.24. The fourth-order valence-corrected chi connectivity index (χ4v) is 0.436. The Balaban J connectivity index is 3.67. The zero-order chi connectivity index (χ0) is 10.7. The lowest BCUT2D eigenvalue weighted by atomic mass is 10.4. The van der Waals surface area contributed by atoms with Gasteiger partial charge in [0.05, 0.1) is 6.61 Å². The van der Waals surface area contributed by atoms with E-state index in [1.165, 1.54) is 0 Å². The van der Waals surface area contributed by atoms with Gasteiger partial charge in [-0.15, -0.1) is 0 Å². The molecule has 0 aromatic heterocycles. The normalized spacial score (nSPS) is 15.9. The fourth-order valence-electron chi connectivity index (χ4n) is 0.436. The van der Waals surface area contributed by atoms with Crippen LogP contribution in [0.1, 0.15) is 6.92 Å². The van der Waals surface area contributed by atoms with Crippen LogP contribution in [0, 0.1) is 0 Å². The van der Waals surface area contributed by atoms with Crippen molar-refractivity contribution < 1.29 is 31.1 Å². The molecule has 0 aliphatic carbocycles. The van der Waals surface area contributed by atoms with Crippen molar-refractivity contribution in [3.63, 3.8) is 0 Å². The number of ether oxygens (including phenoxy) is 1. The summed E-state index contributed by atoms with van der Waals surface area (Å²) in [6, 6.07) is 0.